The summed E-state index contributed by atoms with van der Waals surface area (Å²) < 4.78 is 0. The number of hydrogen-bond donors (Lipinski definition) is 1. The van der Waals surface area contributed by atoms with E-state index in [0.29, 0.717) is 13.1 Å². The zero-order chi connectivity index (χ0) is 22.0. The van der Waals surface area contributed by atoms with E-state index in [-0.39, 0.29) is 6.03 Å². The molecule has 3 aromatic rings. The predicted octanol–water partition coefficient (Wildman–Crippen LogP) is 4.73. The van der Waals surface area contributed by atoms with Crippen LogP contribution in [0.25, 0.3) is 11.3 Å². The maximum atomic E-state index is 12.7. The monoisotopic (exact) mass is 415 g/mol. The lowest BCUT2D eigenvalue weighted by atomic mass is 10.0. The van der Waals surface area contributed by atoms with Gasteiger partial charge in [-0.3, -0.25) is 0 Å². The Labute approximate surface area is 183 Å². The molecule has 31 heavy (non-hydrogen) atoms. The fourth-order valence-electron chi connectivity index (χ4n) is 3.94. The lowest BCUT2D eigenvalue weighted by Gasteiger charge is -2.35. The lowest BCUT2D eigenvalue weighted by Crippen LogP contribution is -2.50. The van der Waals surface area contributed by atoms with E-state index >= 15 is 0 Å². The number of aromatic nitrogens is 2. The van der Waals surface area contributed by atoms with Gasteiger partial charge in [0, 0.05) is 37.4 Å². The quantitative estimate of drug-likeness (QED) is 0.672. The van der Waals surface area contributed by atoms with Crippen LogP contribution in [-0.4, -0.2) is 47.3 Å². The van der Waals surface area contributed by atoms with Gasteiger partial charge < -0.3 is 15.1 Å². The second-order valence-electron chi connectivity index (χ2n) is 8.32. The van der Waals surface area contributed by atoms with Crippen molar-refractivity contribution < 1.29 is 4.79 Å². The molecule has 0 bridgehead atoms. The Bertz CT molecular complexity index is 1090. The van der Waals surface area contributed by atoms with Gasteiger partial charge in [0.15, 0.2) is 5.82 Å². The summed E-state index contributed by atoms with van der Waals surface area (Å²) >= 11 is 0. The molecule has 0 saturated carbocycles. The maximum absolute atomic E-state index is 12.7. The van der Waals surface area contributed by atoms with Crippen molar-refractivity contribution in [1.29, 1.82) is 0 Å². The highest BCUT2D eigenvalue weighted by atomic mass is 16.2. The molecule has 2 aromatic carbocycles. The molecule has 2 heterocycles. The Morgan fingerprint density at radius 2 is 1.52 bits per heavy atom. The largest absolute Gasteiger partial charge is 0.352 e. The van der Waals surface area contributed by atoms with Crippen molar-refractivity contribution in [2.24, 2.45) is 0 Å². The van der Waals surface area contributed by atoms with Crippen LogP contribution < -0.4 is 10.2 Å². The van der Waals surface area contributed by atoms with Crippen LogP contribution in [0.3, 0.4) is 0 Å². The third kappa shape index (κ3) is 4.68. The van der Waals surface area contributed by atoms with E-state index in [1.54, 1.807) is 0 Å². The topological polar surface area (TPSA) is 61.4 Å². The van der Waals surface area contributed by atoms with Crippen LogP contribution in [0, 0.1) is 27.7 Å². The summed E-state index contributed by atoms with van der Waals surface area (Å²) in [5.41, 5.74) is 7.51. The van der Waals surface area contributed by atoms with Gasteiger partial charge in [0.05, 0.1) is 5.69 Å². The van der Waals surface area contributed by atoms with Crippen LogP contribution in [0.15, 0.2) is 48.5 Å². The number of piperazine rings is 1. The van der Waals surface area contributed by atoms with Crippen LogP contribution in [0.4, 0.5) is 16.3 Å². The number of benzene rings is 2. The number of nitrogens with zero attached hydrogens (tertiary/aromatic N) is 4. The lowest BCUT2D eigenvalue weighted by molar-refractivity contribution is 0.208. The first kappa shape index (κ1) is 20.8. The molecule has 1 aliphatic heterocycles. The molecule has 0 aliphatic carbocycles. The van der Waals surface area contributed by atoms with Crippen LogP contribution in [0.5, 0.6) is 0 Å². The normalized spacial score (nSPS) is 13.9. The Kier molecular flexibility index (Phi) is 5.89. The number of carbonyl (C=O) groups is 1. The second-order valence-corrected chi connectivity index (χ2v) is 8.32. The molecule has 0 atom stereocenters. The van der Waals surface area contributed by atoms with E-state index in [4.69, 9.17) is 0 Å². The molecule has 0 radical (unpaired) electrons. The van der Waals surface area contributed by atoms with Crippen molar-refractivity contribution in [3.05, 3.63) is 70.8 Å². The Morgan fingerprint density at radius 1 is 0.806 bits per heavy atom. The fourth-order valence-corrected chi connectivity index (χ4v) is 3.94. The van der Waals surface area contributed by atoms with E-state index < -0.39 is 0 Å². The van der Waals surface area contributed by atoms with Crippen LogP contribution in [-0.2, 0) is 0 Å². The number of hydrogen-bond acceptors (Lipinski definition) is 4. The molecular weight excluding hydrogens is 386 g/mol. The zero-order valence-electron chi connectivity index (χ0n) is 18.6. The Morgan fingerprint density at radius 3 is 2.19 bits per heavy atom. The Balaban J connectivity index is 1.37. The van der Waals surface area contributed by atoms with Crippen molar-refractivity contribution >= 4 is 17.5 Å². The molecule has 4 rings (SSSR count). The molecule has 2 amide bonds. The highest BCUT2D eigenvalue weighted by molar-refractivity contribution is 5.90. The van der Waals surface area contributed by atoms with E-state index in [9.17, 15) is 4.79 Å². The van der Waals surface area contributed by atoms with Gasteiger partial charge in [-0.1, -0.05) is 35.9 Å². The summed E-state index contributed by atoms with van der Waals surface area (Å²) in [6.07, 6.45) is 0. The summed E-state index contributed by atoms with van der Waals surface area (Å²) in [5.74, 6) is 0.850. The van der Waals surface area contributed by atoms with Crippen LogP contribution in [0.1, 0.15) is 22.3 Å². The fraction of sp³-hybridized carbons (Fsp3) is 0.320. The third-order valence-electron chi connectivity index (χ3n) is 5.83. The molecule has 6 nitrogen and oxygen atoms in total. The van der Waals surface area contributed by atoms with Crippen molar-refractivity contribution in [2.45, 2.75) is 27.7 Å². The van der Waals surface area contributed by atoms with Gasteiger partial charge in [-0.2, -0.15) is 0 Å². The third-order valence-corrected chi connectivity index (χ3v) is 5.83. The number of amides is 2. The van der Waals surface area contributed by atoms with E-state index in [1.807, 2.05) is 43.0 Å². The van der Waals surface area contributed by atoms with Crippen molar-refractivity contribution in [2.75, 3.05) is 36.4 Å². The summed E-state index contributed by atoms with van der Waals surface area (Å²) in [6, 6.07) is 16.4. The molecule has 160 valence electrons. The number of nitrogens with one attached hydrogen (secondary N) is 1. The van der Waals surface area contributed by atoms with Crippen LogP contribution >= 0.6 is 0 Å². The minimum Gasteiger partial charge on any atom is -0.352 e. The highest BCUT2D eigenvalue weighted by Gasteiger charge is 2.22. The average Bonchev–Trinajstić information content (AvgIpc) is 2.77. The van der Waals surface area contributed by atoms with Gasteiger partial charge in [-0.05, 0) is 62.6 Å². The molecule has 1 aromatic heterocycles. The molecule has 0 unspecified atom stereocenters. The molecular formula is C25H29N5O. The first-order valence-electron chi connectivity index (χ1n) is 10.7. The van der Waals surface area contributed by atoms with Crippen molar-refractivity contribution in [3.8, 4) is 11.3 Å². The maximum Gasteiger partial charge on any atom is 0.321 e. The summed E-state index contributed by atoms with van der Waals surface area (Å²) in [7, 11) is 0. The standard InChI is InChI=1S/C25H29N5O/c1-17-6-8-21(20(4)15-17)22-9-10-24(28-27-22)29-11-13-30(14-12-29)25(31)26-23-16-18(2)5-7-19(23)3/h5-10,15-16H,11-14H2,1-4H3,(H,26,31). The minimum absolute atomic E-state index is 0.0513. The van der Waals surface area contributed by atoms with Gasteiger partial charge in [0.25, 0.3) is 0 Å². The Hall–Kier alpha value is -3.41. The highest BCUT2D eigenvalue weighted by Crippen LogP contribution is 2.24. The van der Waals surface area contributed by atoms with E-state index in [0.717, 1.165) is 47.0 Å². The van der Waals surface area contributed by atoms with Gasteiger partial charge in [0.2, 0.25) is 0 Å². The molecule has 0 spiro atoms. The zero-order valence-corrected chi connectivity index (χ0v) is 18.6. The SMILES string of the molecule is Cc1ccc(-c2ccc(N3CCN(C(=O)Nc4cc(C)ccc4C)CC3)nn2)c(C)c1. The second kappa shape index (κ2) is 8.76. The summed E-state index contributed by atoms with van der Waals surface area (Å²) in [4.78, 5) is 16.7. The minimum atomic E-state index is -0.0513. The van der Waals surface area contributed by atoms with Gasteiger partial charge in [-0.25, -0.2) is 4.79 Å². The number of urea groups is 1. The molecule has 1 fully saturated rings. The summed E-state index contributed by atoms with van der Waals surface area (Å²) in [5, 5.41) is 12.0. The average molecular weight is 416 g/mol. The van der Waals surface area contributed by atoms with E-state index in [1.165, 1.54) is 11.1 Å². The van der Waals surface area contributed by atoms with Gasteiger partial charge in [-0.15, -0.1) is 10.2 Å². The first-order chi connectivity index (χ1) is 14.9. The molecule has 1 N–H and O–H groups in total. The first-order valence-corrected chi connectivity index (χ1v) is 10.7. The number of anilines is 2. The van der Waals surface area contributed by atoms with Crippen molar-refractivity contribution in [1.82, 2.24) is 15.1 Å². The van der Waals surface area contributed by atoms with Crippen LogP contribution in [0.2, 0.25) is 0 Å². The van der Waals surface area contributed by atoms with Gasteiger partial charge in [0.1, 0.15) is 0 Å². The molecule has 6 heteroatoms. The smallest absolute Gasteiger partial charge is 0.321 e. The predicted molar refractivity (Wildman–Crippen MR) is 126 cm³/mol. The molecule has 1 aliphatic rings. The number of rotatable bonds is 3. The summed E-state index contributed by atoms with van der Waals surface area (Å²) in [6.45, 7) is 11.0. The number of carbonyl (C=O) groups excluding carboxylic acids is 1. The number of aryl methyl sites for hydroxylation is 4. The van der Waals surface area contributed by atoms with Gasteiger partial charge >= 0.3 is 6.03 Å². The van der Waals surface area contributed by atoms with Crippen molar-refractivity contribution in [3.63, 3.8) is 0 Å². The van der Waals surface area contributed by atoms with E-state index in [2.05, 4.69) is 58.5 Å². The molecule has 1 saturated heterocycles.